The van der Waals surface area contributed by atoms with E-state index in [2.05, 4.69) is 5.32 Å². The van der Waals surface area contributed by atoms with Crippen molar-refractivity contribution in [1.29, 1.82) is 0 Å². The summed E-state index contributed by atoms with van der Waals surface area (Å²) in [6, 6.07) is 1.92. The number of hydrogen-bond acceptors (Lipinski definition) is 2. The van der Waals surface area contributed by atoms with Crippen molar-refractivity contribution in [3.8, 4) is 0 Å². The van der Waals surface area contributed by atoms with Crippen LogP contribution in [0.1, 0.15) is 17.2 Å². The highest BCUT2D eigenvalue weighted by molar-refractivity contribution is 5.85. The largest absolute Gasteiger partial charge is 0.419 e. The van der Waals surface area contributed by atoms with Crippen LogP contribution in [-0.2, 0) is 6.18 Å². The number of benzene rings is 1. The molecule has 1 aliphatic heterocycles. The summed E-state index contributed by atoms with van der Waals surface area (Å²) >= 11 is 0. The number of hydrogen-bond donors (Lipinski definition) is 1. The van der Waals surface area contributed by atoms with Gasteiger partial charge in [-0.3, -0.25) is 4.90 Å². The van der Waals surface area contributed by atoms with Crippen molar-refractivity contribution < 1.29 is 22.0 Å². The molecule has 0 bridgehead atoms. The average Bonchev–Trinajstić information content (AvgIpc) is 2.41. The summed E-state index contributed by atoms with van der Waals surface area (Å²) in [5.74, 6) is -1.33. The van der Waals surface area contributed by atoms with Crippen LogP contribution in [-0.4, -0.2) is 37.8 Å². The highest BCUT2D eigenvalue weighted by Crippen LogP contribution is 2.34. The Morgan fingerprint density at radius 2 is 1.81 bits per heavy atom. The van der Waals surface area contributed by atoms with Crippen molar-refractivity contribution in [2.45, 2.75) is 12.2 Å². The Bertz CT molecular complexity index is 460. The Kier molecular flexibility index (Phi) is 6.37. The number of alkyl halides is 4. The second-order valence-corrected chi connectivity index (χ2v) is 4.69. The molecule has 21 heavy (non-hydrogen) atoms. The van der Waals surface area contributed by atoms with Gasteiger partial charge < -0.3 is 5.32 Å². The van der Waals surface area contributed by atoms with Crippen molar-refractivity contribution in [2.24, 2.45) is 0 Å². The van der Waals surface area contributed by atoms with Crippen molar-refractivity contribution in [1.82, 2.24) is 10.2 Å². The Morgan fingerprint density at radius 1 is 1.19 bits per heavy atom. The summed E-state index contributed by atoms with van der Waals surface area (Å²) in [5.41, 5.74) is -1.19. The quantitative estimate of drug-likeness (QED) is 0.856. The van der Waals surface area contributed by atoms with Gasteiger partial charge in [-0.2, -0.15) is 13.2 Å². The summed E-state index contributed by atoms with van der Waals surface area (Å²) in [5, 5.41) is 3.09. The van der Waals surface area contributed by atoms with Gasteiger partial charge in [-0.1, -0.05) is 6.07 Å². The van der Waals surface area contributed by atoms with E-state index in [1.807, 2.05) is 0 Å². The molecule has 2 rings (SSSR count). The maximum absolute atomic E-state index is 13.2. The first kappa shape index (κ1) is 18.1. The minimum Gasteiger partial charge on any atom is -0.314 e. The fraction of sp³-hybridized carbons (Fsp3) is 0.538. The minimum atomic E-state index is -4.77. The predicted octanol–water partition coefficient (Wildman–Crippen LogP) is 3.18. The van der Waals surface area contributed by atoms with Crippen molar-refractivity contribution >= 4 is 12.4 Å². The zero-order valence-corrected chi connectivity index (χ0v) is 11.9. The molecule has 0 radical (unpaired) electrons. The lowest BCUT2D eigenvalue weighted by molar-refractivity contribution is -0.140. The van der Waals surface area contributed by atoms with Gasteiger partial charge in [-0.15, -0.1) is 12.4 Å². The third-order valence-corrected chi connectivity index (χ3v) is 3.42. The van der Waals surface area contributed by atoms with Gasteiger partial charge >= 0.3 is 6.18 Å². The normalized spacial score (nSPS) is 18.1. The van der Waals surface area contributed by atoms with E-state index in [1.54, 1.807) is 4.90 Å². The molecule has 1 N–H and O–H groups in total. The van der Waals surface area contributed by atoms with Crippen LogP contribution in [0.4, 0.5) is 22.0 Å². The highest BCUT2D eigenvalue weighted by atomic mass is 35.5. The fourth-order valence-electron chi connectivity index (χ4n) is 2.36. The molecule has 8 heteroatoms. The number of piperazine rings is 1. The van der Waals surface area contributed by atoms with Crippen molar-refractivity contribution in [3.05, 3.63) is 35.1 Å². The second-order valence-electron chi connectivity index (χ2n) is 4.69. The molecule has 0 saturated carbocycles. The molecule has 2 nitrogen and oxygen atoms in total. The van der Waals surface area contributed by atoms with Gasteiger partial charge in [-0.05, 0) is 17.7 Å². The second kappa shape index (κ2) is 7.38. The molecule has 1 aromatic rings. The number of halogens is 6. The lowest BCUT2D eigenvalue weighted by atomic mass is 10.0. The van der Waals surface area contributed by atoms with Gasteiger partial charge in [-0.25, -0.2) is 8.78 Å². The van der Waals surface area contributed by atoms with Crippen LogP contribution in [0.15, 0.2) is 18.2 Å². The van der Waals surface area contributed by atoms with Crippen LogP contribution in [0.25, 0.3) is 0 Å². The first-order valence-corrected chi connectivity index (χ1v) is 6.31. The molecule has 0 aromatic heterocycles. The highest BCUT2D eigenvalue weighted by Gasteiger charge is 2.35. The lowest BCUT2D eigenvalue weighted by Gasteiger charge is -2.33. The van der Waals surface area contributed by atoms with Crippen LogP contribution >= 0.6 is 12.4 Å². The topological polar surface area (TPSA) is 15.3 Å². The summed E-state index contributed by atoms with van der Waals surface area (Å²) in [6.45, 7) is 1.61. The van der Waals surface area contributed by atoms with Crippen LogP contribution in [0.2, 0.25) is 0 Å². The molecule has 120 valence electrons. The van der Waals surface area contributed by atoms with Crippen LogP contribution < -0.4 is 5.32 Å². The molecule has 0 aliphatic carbocycles. The van der Waals surface area contributed by atoms with Crippen molar-refractivity contribution in [2.75, 3.05) is 32.9 Å². The van der Waals surface area contributed by atoms with E-state index in [-0.39, 0.29) is 18.0 Å². The monoisotopic (exact) mass is 330 g/mol. The van der Waals surface area contributed by atoms with E-state index < -0.39 is 30.3 Å². The molecule has 0 spiro atoms. The molecule has 1 fully saturated rings. The standard InChI is InChI=1S/C13H15F5N2.ClH/c14-8-12(20-5-3-19-4-6-20)9-1-2-11(15)10(7-9)13(16,17)18;/h1-2,7,12,19H,3-6,8H2;1H/t12-;/m0./s1. The molecule has 0 unspecified atom stereocenters. The maximum atomic E-state index is 13.2. The first-order chi connectivity index (χ1) is 9.43. The van der Waals surface area contributed by atoms with E-state index in [0.29, 0.717) is 32.2 Å². The Morgan fingerprint density at radius 3 is 2.33 bits per heavy atom. The van der Waals surface area contributed by atoms with Crippen LogP contribution in [0, 0.1) is 5.82 Å². The number of rotatable bonds is 3. The number of nitrogens with zero attached hydrogens (tertiary/aromatic N) is 1. The minimum absolute atomic E-state index is 0. The molecule has 1 aliphatic rings. The van der Waals surface area contributed by atoms with E-state index in [9.17, 15) is 22.0 Å². The van der Waals surface area contributed by atoms with Gasteiger partial charge in [0.2, 0.25) is 0 Å². The number of nitrogens with one attached hydrogen (secondary N) is 1. The molecule has 1 atom stereocenters. The zero-order valence-electron chi connectivity index (χ0n) is 11.1. The van der Waals surface area contributed by atoms with Crippen LogP contribution in [0.5, 0.6) is 0 Å². The SMILES string of the molecule is Cl.FC[C@@H](c1ccc(F)c(C(F)(F)F)c1)N1CCNCC1. The zero-order chi connectivity index (χ0) is 14.8. The summed E-state index contributed by atoms with van der Waals surface area (Å²) < 4.78 is 64.5. The first-order valence-electron chi connectivity index (χ1n) is 6.31. The summed E-state index contributed by atoms with van der Waals surface area (Å²) in [4.78, 5) is 1.77. The van der Waals surface area contributed by atoms with Gasteiger partial charge in [0.15, 0.2) is 0 Å². The van der Waals surface area contributed by atoms with Crippen LogP contribution in [0.3, 0.4) is 0 Å². The smallest absolute Gasteiger partial charge is 0.314 e. The fourth-order valence-corrected chi connectivity index (χ4v) is 2.36. The van der Waals surface area contributed by atoms with Gasteiger partial charge in [0.1, 0.15) is 12.5 Å². The lowest BCUT2D eigenvalue weighted by Crippen LogP contribution is -2.45. The molecular weight excluding hydrogens is 315 g/mol. The Hall–Kier alpha value is -0.920. The van der Waals surface area contributed by atoms with Gasteiger partial charge in [0.05, 0.1) is 11.6 Å². The molecule has 0 amide bonds. The molecular formula is C13H16ClF5N2. The Labute approximate surface area is 125 Å². The van der Waals surface area contributed by atoms with E-state index in [0.717, 1.165) is 6.07 Å². The predicted molar refractivity (Wildman–Crippen MR) is 71.8 cm³/mol. The van der Waals surface area contributed by atoms with E-state index in [1.165, 1.54) is 6.07 Å². The molecule has 1 saturated heterocycles. The van der Waals surface area contributed by atoms with Crippen molar-refractivity contribution in [3.63, 3.8) is 0 Å². The molecule has 1 heterocycles. The van der Waals surface area contributed by atoms with Gasteiger partial charge in [0, 0.05) is 26.2 Å². The molecule has 1 aromatic carbocycles. The third-order valence-electron chi connectivity index (χ3n) is 3.42. The maximum Gasteiger partial charge on any atom is 0.419 e. The average molecular weight is 331 g/mol. The Balaban J connectivity index is 0.00000220. The summed E-state index contributed by atoms with van der Waals surface area (Å²) in [6.07, 6.45) is -4.77. The van der Waals surface area contributed by atoms with E-state index >= 15 is 0 Å². The van der Waals surface area contributed by atoms with E-state index in [4.69, 9.17) is 0 Å². The summed E-state index contributed by atoms with van der Waals surface area (Å²) in [7, 11) is 0. The van der Waals surface area contributed by atoms with Gasteiger partial charge in [0.25, 0.3) is 0 Å². The third kappa shape index (κ3) is 4.28.